The second-order valence-corrected chi connectivity index (χ2v) is 6.07. The molecule has 6 heteroatoms. The van der Waals surface area contributed by atoms with Gasteiger partial charge in [-0.05, 0) is 20.8 Å². The number of carbonyl (C=O) groups excluding carboxylic acids is 1. The van der Waals surface area contributed by atoms with Crippen molar-refractivity contribution in [3.05, 3.63) is 20.8 Å². The van der Waals surface area contributed by atoms with Crippen molar-refractivity contribution in [3.63, 3.8) is 0 Å². The molecule has 2 aromatic rings. The minimum atomic E-state index is -0.378. The second-order valence-electron chi connectivity index (χ2n) is 3.75. The van der Waals surface area contributed by atoms with Gasteiger partial charge in [0.05, 0.1) is 17.3 Å². The minimum Gasteiger partial charge on any atom is -0.462 e. The van der Waals surface area contributed by atoms with E-state index in [2.05, 4.69) is 4.98 Å². The van der Waals surface area contributed by atoms with Crippen molar-refractivity contribution >= 4 is 33.6 Å². The zero-order chi connectivity index (χ0) is 13.3. The molecule has 2 aromatic heterocycles. The van der Waals surface area contributed by atoms with E-state index < -0.39 is 0 Å². The molecule has 2 rings (SSSR count). The fourth-order valence-electron chi connectivity index (χ4n) is 1.74. The van der Waals surface area contributed by atoms with Crippen LogP contribution < -0.4 is 5.73 Å². The number of thiophene rings is 1. The van der Waals surface area contributed by atoms with E-state index in [4.69, 9.17) is 10.5 Å². The molecular formula is C12H14N2O2S2. The maximum atomic E-state index is 11.9. The fraction of sp³-hybridized carbons (Fsp3) is 0.333. The lowest BCUT2D eigenvalue weighted by Crippen LogP contribution is -2.07. The number of carbonyl (C=O) groups is 1. The quantitative estimate of drug-likeness (QED) is 0.878. The van der Waals surface area contributed by atoms with Gasteiger partial charge in [-0.15, -0.1) is 22.7 Å². The number of nitrogens with zero attached hydrogens (tertiary/aromatic N) is 1. The lowest BCUT2D eigenvalue weighted by Gasteiger charge is -2.04. The highest BCUT2D eigenvalue weighted by Gasteiger charge is 2.22. The number of aryl methyl sites for hydroxylation is 2. The van der Waals surface area contributed by atoms with Gasteiger partial charge in [0.25, 0.3) is 0 Å². The third-order valence-corrected chi connectivity index (χ3v) is 4.16. The molecule has 0 saturated carbocycles. The molecule has 0 aliphatic heterocycles. The smallest absolute Gasteiger partial charge is 0.341 e. The Morgan fingerprint density at radius 1 is 1.50 bits per heavy atom. The van der Waals surface area contributed by atoms with Crippen molar-refractivity contribution in [2.24, 2.45) is 0 Å². The summed E-state index contributed by atoms with van der Waals surface area (Å²) in [5.41, 5.74) is 7.90. The Hall–Kier alpha value is -1.40. The highest BCUT2D eigenvalue weighted by molar-refractivity contribution is 7.15. The number of thiazole rings is 1. The van der Waals surface area contributed by atoms with Crippen molar-refractivity contribution in [1.29, 1.82) is 0 Å². The number of nitrogen functional groups attached to an aromatic ring is 1. The van der Waals surface area contributed by atoms with E-state index in [1.807, 2.05) is 19.2 Å². The van der Waals surface area contributed by atoms with Gasteiger partial charge in [0.2, 0.25) is 0 Å². The lowest BCUT2D eigenvalue weighted by molar-refractivity contribution is 0.0529. The standard InChI is InChI=1S/C12H14N2O2S2/c1-4-16-12(15)9-8(5-17-11(9)13)10-6(2)18-7(3)14-10/h5H,4,13H2,1-3H3. The summed E-state index contributed by atoms with van der Waals surface area (Å²) in [6.07, 6.45) is 0. The summed E-state index contributed by atoms with van der Waals surface area (Å²) in [6.45, 7) is 6.05. The molecule has 2 heterocycles. The van der Waals surface area contributed by atoms with Crippen LogP contribution in [0.5, 0.6) is 0 Å². The van der Waals surface area contributed by atoms with E-state index in [-0.39, 0.29) is 5.97 Å². The Kier molecular flexibility index (Phi) is 3.68. The van der Waals surface area contributed by atoms with Gasteiger partial charge in [0.1, 0.15) is 10.6 Å². The average molecular weight is 282 g/mol. The molecule has 0 aromatic carbocycles. The van der Waals surface area contributed by atoms with Crippen LogP contribution in [0.25, 0.3) is 11.3 Å². The molecule has 96 valence electrons. The van der Waals surface area contributed by atoms with Crippen LogP contribution in [0, 0.1) is 13.8 Å². The van der Waals surface area contributed by atoms with Crippen LogP contribution in [0.4, 0.5) is 5.00 Å². The van der Waals surface area contributed by atoms with Crippen LogP contribution in [0.3, 0.4) is 0 Å². The molecule has 0 aliphatic rings. The number of esters is 1. The highest BCUT2D eigenvalue weighted by Crippen LogP contribution is 2.36. The van der Waals surface area contributed by atoms with Crippen LogP contribution in [-0.2, 0) is 4.74 Å². The number of aromatic nitrogens is 1. The van der Waals surface area contributed by atoms with Gasteiger partial charge in [-0.2, -0.15) is 0 Å². The van der Waals surface area contributed by atoms with E-state index in [1.54, 1.807) is 18.3 Å². The van der Waals surface area contributed by atoms with Gasteiger partial charge >= 0.3 is 5.97 Å². The summed E-state index contributed by atoms with van der Waals surface area (Å²) in [5, 5.41) is 3.32. The summed E-state index contributed by atoms with van der Waals surface area (Å²) >= 11 is 2.95. The van der Waals surface area contributed by atoms with E-state index >= 15 is 0 Å². The first-order valence-corrected chi connectivity index (χ1v) is 7.22. The lowest BCUT2D eigenvalue weighted by atomic mass is 10.1. The monoisotopic (exact) mass is 282 g/mol. The summed E-state index contributed by atoms with van der Waals surface area (Å²) in [7, 11) is 0. The van der Waals surface area contributed by atoms with Crippen molar-refractivity contribution in [3.8, 4) is 11.3 Å². The molecule has 0 unspecified atom stereocenters. The summed E-state index contributed by atoms with van der Waals surface area (Å²) in [5.74, 6) is -0.378. The SMILES string of the molecule is CCOC(=O)c1c(-c2nc(C)sc2C)csc1N. The Labute approximate surface area is 113 Å². The first-order valence-electron chi connectivity index (χ1n) is 5.53. The molecule has 0 spiro atoms. The number of anilines is 1. The topological polar surface area (TPSA) is 65.2 Å². The molecule has 0 radical (unpaired) electrons. The van der Waals surface area contributed by atoms with E-state index in [9.17, 15) is 4.79 Å². The molecule has 18 heavy (non-hydrogen) atoms. The number of ether oxygens (including phenoxy) is 1. The predicted molar refractivity (Wildman–Crippen MR) is 75.3 cm³/mol. The Morgan fingerprint density at radius 3 is 2.78 bits per heavy atom. The third-order valence-electron chi connectivity index (χ3n) is 2.46. The molecule has 0 bridgehead atoms. The zero-order valence-electron chi connectivity index (χ0n) is 10.4. The number of hydrogen-bond donors (Lipinski definition) is 1. The van der Waals surface area contributed by atoms with Gasteiger partial charge in [0, 0.05) is 15.8 Å². The van der Waals surface area contributed by atoms with E-state index in [0.29, 0.717) is 17.2 Å². The van der Waals surface area contributed by atoms with Gasteiger partial charge < -0.3 is 10.5 Å². The van der Waals surface area contributed by atoms with Crippen molar-refractivity contribution in [1.82, 2.24) is 4.98 Å². The predicted octanol–water partition coefficient (Wildman–Crippen LogP) is 3.25. The van der Waals surface area contributed by atoms with Crippen LogP contribution >= 0.6 is 22.7 Å². The maximum Gasteiger partial charge on any atom is 0.341 e. The van der Waals surface area contributed by atoms with Gasteiger partial charge in [-0.1, -0.05) is 0 Å². The van der Waals surface area contributed by atoms with Crippen LogP contribution in [-0.4, -0.2) is 17.6 Å². The highest BCUT2D eigenvalue weighted by atomic mass is 32.1. The van der Waals surface area contributed by atoms with Crippen LogP contribution in [0.1, 0.15) is 27.2 Å². The molecular weight excluding hydrogens is 268 g/mol. The Balaban J connectivity index is 2.52. The van der Waals surface area contributed by atoms with Gasteiger partial charge in [-0.3, -0.25) is 0 Å². The molecule has 0 saturated heterocycles. The first kappa shape index (κ1) is 13.0. The molecule has 0 atom stereocenters. The van der Waals surface area contributed by atoms with Gasteiger partial charge in [0.15, 0.2) is 0 Å². The van der Waals surface area contributed by atoms with Gasteiger partial charge in [-0.25, -0.2) is 9.78 Å². The minimum absolute atomic E-state index is 0.336. The maximum absolute atomic E-state index is 11.9. The largest absolute Gasteiger partial charge is 0.462 e. The van der Waals surface area contributed by atoms with Crippen molar-refractivity contribution in [2.75, 3.05) is 12.3 Å². The zero-order valence-corrected chi connectivity index (χ0v) is 12.1. The normalized spacial score (nSPS) is 10.6. The molecule has 0 aliphatic carbocycles. The second kappa shape index (κ2) is 5.07. The summed E-state index contributed by atoms with van der Waals surface area (Å²) < 4.78 is 5.04. The van der Waals surface area contributed by atoms with E-state index in [1.165, 1.54) is 11.3 Å². The Bertz CT molecular complexity index is 587. The van der Waals surface area contributed by atoms with Crippen molar-refractivity contribution in [2.45, 2.75) is 20.8 Å². The summed E-state index contributed by atoms with van der Waals surface area (Å²) in [6, 6.07) is 0. The average Bonchev–Trinajstić information content (AvgIpc) is 2.82. The summed E-state index contributed by atoms with van der Waals surface area (Å²) in [4.78, 5) is 17.5. The Morgan fingerprint density at radius 2 is 2.22 bits per heavy atom. The number of nitrogens with two attached hydrogens (primary N) is 1. The van der Waals surface area contributed by atoms with Crippen LogP contribution in [0.2, 0.25) is 0 Å². The van der Waals surface area contributed by atoms with Crippen LogP contribution in [0.15, 0.2) is 5.38 Å². The number of rotatable bonds is 3. The van der Waals surface area contributed by atoms with E-state index in [0.717, 1.165) is 21.1 Å². The molecule has 0 fully saturated rings. The molecule has 4 nitrogen and oxygen atoms in total. The number of hydrogen-bond acceptors (Lipinski definition) is 6. The molecule has 2 N–H and O–H groups in total. The first-order chi connectivity index (χ1) is 8.54. The third kappa shape index (κ3) is 2.26. The van der Waals surface area contributed by atoms with Crippen molar-refractivity contribution < 1.29 is 9.53 Å². The molecule has 0 amide bonds. The fourth-order valence-corrected chi connectivity index (χ4v) is 3.36.